The molecule has 0 fully saturated rings. The summed E-state index contributed by atoms with van der Waals surface area (Å²) in [5.74, 6) is 0. The van der Waals surface area contributed by atoms with E-state index in [2.05, 4.69) is 5.43 Å². The second kappa shape index (κ2) is 8.38. The molecule has 8 heteroatoms. The zero-order valence-electron chi connectivity index (χ0n) is 13.2. The van der Waals surface area contributed by atoms with E-state index in [0.29, 0.717) is 16.9 Å². The van der Waals surface area contributed by atoms with E-state index < -0.39 is 17.7 Å². The van der Waals surface area contributed by atoms with E-state index in [1.54, 1.807) is 32.0 Å². The average molecular weight is 343 g/mol. The molecule has 0 heterocycles. The largest absolute Gasteiger partial charge is 0.449 e. The Kier molecular flexibility index (Phi) is 6.84. The lowest BCUT2D eigenvalue weighted by atomic mass is 9.93. The summed E-state index contributed by atoms with van der Waals surface area (Å²) in [7, 11) is 0. The van der Waals surface area contributed by atoms with Gasteiger partial charge in [-0.15, -0.1) is 0 Å². The summed E-state index contributed by atoms with van der Waals surface area (Å²) in [6, 6.07) is 6.39. The number of nitrogens with one attached hydrogen (secondary N) is 1. The molecule has 0 spiro atoms. The zero-order valence-corrected chi connectivity index (χ0v) is 13.9. The summed E-state index contributed by atoms with van der Waals surface area (Å²) in [5.41, 5.74) is 1.12. The van der Waals surface area contributed by atoms with Gasteiger partial charge in [0, 0.05) is 5.02 Å². The Balaban J connectivity index is 3.25. The normalized spacial score (nSPS) is 12.7. The molecule has 2 amide bonds. The zero-order chi connectivity index (χ0) is 17.5. The maximum absolute atomic E-state index is 12.2. The van der Waals surface area contributed by atoms with Crippen LogP contribution in [0.4, 0.5) is 9.59 Å². The van der Waals surface area contributed by atoms with E-state index in [0.717, 1.165) is 5.01 Å². The van der Waals surface area contributed by atoms with Gasteiger partial charge in [0.05, 0.1) is 13.2 Å². The smallest absolute Gasteiger partial charge is 0.430 e. The Bertz CT molecular complexity index is 581. The Morgan fingerprint density at radius 1 is 1.30 bits per heavy atom. The Morgan fingerprint density at radius 3 is 2.48 bits per heavy atom. The molecule has 1 N–H and O–H groups in total. The second-order valence-electron chi connectivity index (χ2n) is 4.64. The van der Waals surface area contributed by atoms with Crippen molar-refractivity contribution in [3.63, 3.8) is 0 Å². The van der Waals surface area contributed by atoms with Crippen LogP contribution in [0.3, 0.4) is 0 Å². The van der Waals surface area contributed by atoms with E-state index in [9.17, 15) is 14.4 Å². The van der Waals surface area contributed by atoms with Gasteiger partial charge in [-0.05, 0) is 38.5 Å². The predicted molar refractivity (Wildman–Crippen MR) is 83.9 cm³/mol. The molecule has 0 aromatic heterocycles. The number of carbonyl (C=O) groups is 3. The van der Waals surface area contributed by atoms with Crippen LogP contribution in [0, 0.1) is 0 Å². The first kappa shape index (κ1) is 18.8. The van der Waals surface area contributed by atoms with Crippen molar-refractivity contribution >= 4 is 30.1 Å². The molecule has 1 atom stereocenters. The molecular weight excluding hydrogens is 324 g/mol. The molecule has 0 aliphatic heterocycles. The molecule has 1 unspecified atom stereocenters. The molecule has 1 aromatic rings. The second-order valence-corrected chi connectivity index (χ2v) is 5.08. The Morgan fingerprint density at radius 2 is 1.96 bits per heavy atom. The van der Waals surface area contributed by atoms with Crippen LogP contribution in [0.1, 0.15) is 26.3 Å². The lowest BCUT2D eigenvalue weighted by molar-refractivity contribution is -0.119. The van der Waals surface area contributed by atoms with Gasteiger partial charge >= 0.3 is 12.2 Å². The number of nitrogens with zero attached hydrogens (tertiary/aromatic N) is 1. The van der Waals surface area contributed by atoms with Crippen molar-refractivity contribution in [3.8, 4) is 0 Å². The van der Waals surface area contributed by atoms with Crippen LogP contribution >= 0.6 is 11.6 Å². The maximum Gasteiger partial charge on any atom is 0.430 e. The summed E-state index contributed by atoms with van der Waals surface area (Å²) in [6.07, 6.45) is -1.26. The molecule has 126 valence electrons. The summed E-state index contributed by atoms with van der Waals surface area (Å²) >= 11 is 5.95. The van der Waals surface area contributed by atoms with Crippen molar-refractivity contribution in [1.29, 1.82) is 0 Å². The van der Waals surface area contributed by atoms with Crippen LogP contribution in [0.5, 0.6) is 0 Å². The van der Waals surface area contributed by atoms with Crippen molar-refractivity contribution in [2.75, 3.05) is 13.2 Å². The number of amides is 2. The van der Waals surface area contributed by atoms with E-state index in [1.165, 1.54) is 13.0 Å². The van der Waals surface area contributed by atoms with Gasteiger partial charge in [-0.2, -0.15) is 5.01 Å². The molecular formula is C15H19ClN2O5. The minimum Gasteiger partial charge on any atom is -0.449 e. The number of rotatable bonds is 5. The van der Waals surface area contributed by atoms with Gasteiger partial charge in [-0.3, -0.25) is 0 Å². The van der Waals surface area contributed by atoms with Crippen LogP contribution in [0.2, 0.25) is 5.02 Å². The molecule has 23 heavy (non-hydrogen) atoms. The molecule has 0 aliphatic rings. The minimum atomic E-state index is -1.52. The van der Waals surface area contributed by atoms with Crippen molar-refractivity contribution in [2.24, 2.45) is 0 Å². The quantitative estimate of drug-likeness (QED) is 0.657. The van der Waals surface area contributed by atoms with Crippen molar-refractivity contribution in [1.82, 2.24) is 10.4 Å². The molecule has 1 aromatic carbocycles. The molecule has 0 saturated heterocycles. The first-order valence-electron chi connectivity index (χ1n) is 7.01. The number of hydrogen-bond donors (Lipinski definition) is 1. The van der Waals surface area contributed by atoms with E-state index >= 15 is 0 Å². The molecule has 0 saturated carbocycles. The van der Waals surface area contributed by atoms with Crippen LogP contribution in [0.25, 0.3) is 0 Å². The lowest BCUT2D eigenvalue weighted by Gasteiger charge is -2.35. The topological polar surface area (TPSA) is 84.9 Å². The van der Waals surface area contributed by atoms with Gasteiger partial charge < -0.3 is 14.3 Å². The number of carbonyl (C=O) groups excluding carboxylic acids is 3. The maximum atomic E-state index is 12.2. The number of aldehydes is 1. The van der Waals surface area contributed by atoms with E-state index in [-0.39, 0.29) is 13.2 Å². The van der Waals surface area contributed by atoms with E-state index in [1.807, 2.05) is 0 Å². The van der Waals surface area contributed by atoms with Gasteiger partial charge in [-0.1, -0.05) is 23.7 Å². The number of ether oxygens (including phenoxy) is 2. The average Bonchev–Trinajstić information content (AvgIpc) is 2.52. The highest BCUT2D eigenvalue weighted by Gasteiger charge is 2.40. The van der Waals surface area contributed by atoms with E-state index in [4.69, 9.17) is 21.1 Å². The molecule has 7 nitrogen and oxygen atoms in total. The number of hydrazine groups is 1. The Labute approximate surface area is 139 Å². The van der Waals surface area contributed by atoms with Gasteiger partial charge in [-0.25, -0.2) is 15.0 Å². The predicted octanol–water partition coefficient (Wildman–Crippen LogP) is 2.87. The highest BCUT2D eigenvalue weighted by Crippen LogP contribution is 2.27. The molecule has 1 rings (SSSR count). The molecule has 0 aliphatic carbocycles. The standard InChI is InChI=1S/C15H19ClN2O5/c1-4-22-13(20)17-18(14(21)23-5-2)15(3,10-19)11-7-6-8-12(16)9-11/h6-10H,4-5H2,1-3H3,(H,17,20). The first-order chi connectivity index (χ1) is 10.9. The van der Waals surface area contributed by atoms with Crippen LogP contribution in [-0.4, -0.2) is 36.7 Å². The highest BCUT2D eigenvalue weighted by atomic mass is 35.5. The summed E-state index contributed by atoms with van der Waals surface area (Å²) < 4.78 is 9.67. The third-order valence-corrected chi connectivity index (χ3v) is 3.27. The fourth-order valence-corrected chi connectivity index (χ4v) is 2.04. The van der Waals surface area contributed by atoms with Crippen molar-refractivity contribution < 1.29 is 23.9 Å². The minimum absolute atomic E-state index is 0.0737. The number of hydrogen-bond acceptors (Lipinski definition) is 5. The van der Waals surface area contributed by atoms with Gasteiger partial charge in [0.15, 0.2) is 6.29 Å². The van der Waals surface area contributed by atoms with Crippen LogP contribution in [-0.2, 0) is 19.8 Å². The summed E-state index contributed by atoms with van der Waals surface area (Å²) in [5, 5.41) is 1.17. The third-order valence-electron chi connectivity index (χ3n) is 3.03. The van der Waals surface area contributed by atoms with Gasteiger partial charge in [0.2, 0.25) is 0 Å². The SMILES string of the molecule is CCOC(=O)NN(C(=O)OCC)C(C)(C=O)c1cccc(Cl)c1. The fourth-order valence-electron chi connectivity index (χ4n) is 1.85. The molecule has 0 bridgehead atoms. The van der Waals surface area contributed by atoms with Crippen LogP contribution < -0.4 is 5.43 Å². The lowest BCUT2D eigenvalue weighted by Crippen LogP contribution is -2.58. The van der Waals surface area contributed by atoms with Crippen molar-refractivity contribution in [2.45, 2.75) is 26.3 Å². The number of benzene rings is 1. The van der Waals surface area contributed by atoms with Gasteiger partial charge in [0.1, 0.15) is 5.54 Å². The first-order valence-corrected chi connectivity index (χ1v) is 7.39. The third kappa shape index (κ3) is 4.59. The summed E-state index contributed by atoms with van der Waals surface area (Å²) in [4.78, 5) is 35.6. The summed E-state index contributed by atoms with van der Waals surface area (Å²) in [6.45, 7) is 4.86. The van der Waals surface area contributed by atoms with Gasteiger partial charge in [0.25, 0.3) is 0 Å². The fraction of sp³-hybridized carbons (Fsp3) is 0.400. The Hall–Kier alpha value is -2.28. The van der Waals surface area contributed by atoms with Crippen molar-refractivity contribution in [3.05, 3.63) is 34.9 Å². The number of halogens is 1. The highest BCUT2D eigenvalue weighted by molar-refractivity contribution is 6.30. The van der Waals surface area contributed by atoms with Crippen LogP contribution in [0.15, 0.2) is 24.3 Å². The monoisotopic (exact) mass is 342 g/mol. The molecule has 0 radical (unpaired) electrons.